The molecular formula is C19H26N4O. The fourth-order valence-electron chi connectivity index (χ4n) is 3.44. The van der Waals surface area contributed by atoms with Crippen molar-refractivity contribution in [1.29, 1.82) is 0 Å². The molecule has 1 fully saturated rings. The van der Waals surface area contributed by atoms with Crippen molar-refractivity contribution < 1.29 is 4.79 Å². The van der Waals surface area contributed by atoms with E-state index < -0.39 is 0 Å². The molecule has 3 rings (SSSR count). The van der Waals surface area contributed by atoms with Gasteiger partial charge in [-0.1, -0.05) is 18.2 Å². The van der Waals surface area contributed by atoms with E-state index in [1.54, 1.807) is 0 Å². The molecule has 0 radical (unpaired) electrons. The third kappa shape index (κ3) is 3.67. The summed E-state index contributed by atoms with van der Waals surface area (Å²) in [5, 5.41) is 11.0. The molecule has 1 amide bonds. The van der Waals surface area contributed by atoms with Crippen molar-refractivity contribution in [3.05, 3.63) is 47.3 Å². The second kappa shape index (κ2) is 7.62. The number of amides is 1. The van der Waals surface area contributed by atoms with E-state index in [0.29, 0.717) is 11.5 Å². The Hall–Kier alpha value is -2.14. The van der Waals surface area contributed by atoms with Gasteiger partial charge in [0.25, 0.3) is 5.91 Å². The Kier molecular flexibility index (Phi) is 5.30. The number of carbonyl (C=O) groups excluding carboxylic acids is 1. The van der Waals surface area contributed by atoms with Crippen LogP contribution in [0.3, 0.4) is 0 Å². The smallest absolute Gasteiger partial charge is 0.255 e. The molecule has 0 saturated carbocycles. The minimum absolute atomic E-state index is 0.0176. The first-order chi connectivity index (χ1) is 11.7. The van der Waals surface area contributed by atoms with Gasteiger partial charge in [0.15, 0.2) is 0 Å². The Morgan fingerprint density at radius 1 is 1.33 bits per heavy atom. The fraction of sp³-hybridized carbons (Fsp3) is 0.474. The van der Waals surface area contributed by atoms with Gasteiger partial charge in [0, 0.05) is 6.54 Å². The number of benzene rings is 1. The Bertz CT molecular complexity index is 687. The maximum absolute atomic E-state index is 12.6. The third-order valence-electron chi connectivity index (χ3n) is 4.76. The average molecular weight is 326 g/mol. The van der Waals surface area contributed by atoms with Crippen molar-refractivity contribution in [2.45, 2.75) is 33.1 Å². The molecule has 0 aliphatic carbocycles. The summed E-state index contributed by atoms with van der Waals surface area (Å²) in [5.41, 5.74) is 3.33. The zero-order valence-corrected chi connectivity index (χ0v) is 14.5. The van der Waals surface area contributed by atoms with Crippen LogP contribution in [0, 0.1) is 19.8 Å². The largest absolute Gasteiger partial charge is 0.352 e. The molecule has 2 heterocycles. The van der Waals surface area contributed by atoms with Crippen LogP contribution in [0.1, 0.15) is 41.0 Å². The van der Waals surface area contributed by atoms with E-state index in [1.165, 1.54) is 12.8 Å². The van der Waals surface area contributed by atoms with Crippen molar-refractivity contribution >= 4 is 5.91 Å². The Morgan fingerprint density at radius 3 is 2.83 bits per heavy atom. The second-order valence-electron chi connectivity index (χ2n) is 6.55. The average Bonchev–Trinajstić information content (AvgIpc) is 2.91. The van der Waals surface area contributed by atoms with E-state index >= 15 is 0 Å². The molecule has 1 unspecified atom stereocenters. The highest BCUT2D eigenvalue weighted by Gasteiger charge is 2.20. The number of aryl methyl sites for hydroxylation is 1. The molecule has 1 saturated heterocycles. The molecule has 0 spiro atoms. The number of piperidine rings is 1. The van der Waals surface area contributed by atoms with Gasteiger partial charge in [0.05, 0.1) is 22.6 Å². The lowest BCUT2D eigenvalue weighted by Gasteiger charge is -2.22. The van der Waals surface area contributed by atoms with Gasteiger partial charge in [-0.05, 0) is 64.3 Å². The van der Waals surface area contributed by atoms with Gasteiger partial charge < -0.3 is 10.6 Å². The van der Waals surface area contributed by atoms with Crippen LogP contribution in [-0.2, 0) is 0 Å². The molecule has 2 N–H and O–H groups in total. The zero-order chi connectivity index (χ0) is 16.9. The highest BCUT2D eigenvalue weighted by atomic mass is 16.1. The zero-order valence-electron chi connectivity index (χ0n) is 14.5. The van der Waals surface area contributed by atoms with E-state index in [4.69, 9.17) is 0 Å². The number of nitrogens with zero attached hydrogens (tertiary/aromatic N) is 2. The number of hydrogen-bond acceptors (Lipinski definition) is 3. The van der Waals surface area contributed by atoms with Crippen LogP contribution in [-0.4, -0.2) is 35.3 Å². The van der Waals surface area contributed by atoms with Crippen molar-refractivity contribution in [2.75, 3.05) is 19.6 Å². The number of para-hydroxylation sites is 1. The van der Waals surface area contributed by atoms with Crippen molar-refractivity contribution in [3.63, 3.8) is 0 Å². The molecule has 1 aromatic carbocycles. The molecule has 5 heteroatoms. The van der Waals surface area contributed by atoms with Crippen molar-refractivity contribution in [3.8, 4) is 5.69 Å². The maximum atomic E-state index is 12.6. The summed E-state index contributed by atoms with van der Waals surface area (Å²) in [6.07, 6.45) is 3.52. The number of nitrogens with one attached hydrogen (secondary N) is 2. The van der Waals surface area contributed by atoms with Gasteiger partial charge in [0.2, 0.25) is 0 Å². The molecule has 128 valence electrons. The summed E-state index contributed by atoms with van der Waals surface area (Å²) in [7, 11) is 0. The molecule has 24 heavy (non-hydrogen) atoms. The monoisotopic (exact) mass is 326 g/mol. The SMILES string of the molecule is Cc1nn(-c2ccccc2)c(C)c1C(=O)NCCC1CCCNC1. The van der Waals surface area contributed by atoms with Crippen LogP contribution >= 0.6 is 0 Å². The van der Waals surface area contributed by atoms with Gasteiger partial charge in [0.1, 0.15) is 0 Å². The normalized spacial score (nSPS) is 17.7. The number of rotatable bonds is 5. The number of hydrogen-bond donors (Lipinski definition) is 2. The summed E-state index contributed by atoms with van der Waals surface area (Å²) in [4.78, 5) is 12.6. The molecule has 1 aliphatic rings. The van der Waals surface area contributed by atoms with Crippen LogP contribution in [0.2, 0.25) is 0 Å². The van der Waals surface area contributed by atoms with Gasteiger partial charge in [-0.15, -0.1) is 0 Å². The minimum atomic E-state index is -0.0176. The van der Waals surface area contributed by atoms with Crippen molar-refractivity contribution in [2.24, 2.45) is 5.92 Å². The van der Waals surface area contributed by atoms with E-state index in [-0.39, 0.29) is 5.91 Å². The lowest BCUT2D eigenvalue weighted by Crippen LogP contribution is -2.33. The van der Waals surface area contributed by atoms with Gasteiger partial charge in [-0.3, -0.25) is 4.79 Å². The molecule has 2 aromatic rings. The van der Waals surface area contributed by atoms with Crippen molar-refractivity contribution in [1.82, 2.24) is 20.4 Å². The van der Waals surface area contributed by atoms with Gasteiger partial charge in [-0.2, -0.15) is 5.10 Å². The van der Waals surface area contributed by atoms with E-state index in [1.807, 2.05) is 48.9 Å². The summed E-state index contributed by atoms with van der Waals surface area (Å²) >= 11 is 0. The maximum Gasteiger partial charge on any atom is 0.255 e. The number of carbonyl (C=O) groups is 1. The summed E-state index contributed by atoms with van der Waals surface area (Å²) in [5.74, 6) is 0.657. The second-order valence-corrected chi connectivity index (χ2v) is 6.55. The predicted octanol–water partition coefficient (Wildman–Crippen LogP) is 2.61. The lowest BCUT2D eigenvalue weighted by atomic mass is 9.96. The minimum Gasteiger partial charge on any atom is -0.352 e. The molecule has 1 aromatic heterocycles. The summed E-state index contributed by atoms with van der Waals surface area (Å²) in [6.45, 7) is 6.76. The van der Waals surface area contributed by atoms with Crippen LogP contribution in [0.25, 0.3) is 5.69 Å². The molecule has 5 nitrogen and oxygen atoms in total. The van der Waals surface area contributed by atoms with Crippen LogP contribution < -0.4 is 10.6 Å². The number of aromatic nitrogens is 2. The third-order valence-corrected chi connectivity index (χ3v) is 4.76. The Morgan fingerprint density at radius 2 is 2.12 bits per heavy atom. The quantitative estimate of drug-likeness (QED) is 0.888. The van der Waals surface area contributed by atoms with E-state index in [0.717, 1.165) is 43.1 Å². The highest BCUT2D eigenvalue weighted by molar-refractivity contribution is 5.96. The highest BCUT2D eigenvalue weighted by Crippen LogP contribution is 2.18. The van der Waals surface area contributed by atoms with Gasteiger partial charge in [-0.25, -0.2) is 4.68 Å². The van der Waals surface area contributed by atoms with Gasteiger partial charge >= 0.3 is 0 Å². The predicted molar refractivity (Wildman–Crippen MR) is 95.6 cm³/mol. The first-order valence-electron chi connectivity index (χ1n) is 8.77. The Balaban J connectivity index is 1.65. The molecular weight excluding hydrogens is 300 g/mol. The van der Waals surface area contributed by atoms with Crippen LogP contribution in [0.15, 0.2) is 30.3 Å². The fourth-order valence-corrected chi connectivity index (χ4v) is 3.44. The molecule has 1 atom stereocenters. The summed E-state index contributed by atoms with van der Waals surface area (Å²) < 4.78 is 1.84. The van der Waals surface area contributed by atoms with E-state index in [9.17, 15) is 4.79 Å². The topological polar surface area (TPSA) is 59.0 Å². The Labute approximate surface area is 143 Å². The standard InChI is InChI=1S/C19H26N4O/c1-14-18(15(2)23(22-14)17-8-4-3-5-9-17)19(24)21-12-10-16-7-6-11-20-13-16/h3-5,8-9,16,20H,6-7,10-13H2,1-2H3,(H,21,24). The first-order valence-corrected chi connectivity index (χ1v) is 8.77. The van der Waals surface area contributed by atoms with Crippen LogP contribution in [0.4, 0.5) is 0 Å². The van der Waals surface area contributed by atoms with Crippen LogP contribution in [0.5, 0.6) is 0 Å². The molecule has 0 bridgehead atoms. The van der Waals surface area contributed by atoms with E-state index in [2.05, 4.69) is 15.7 Å². The molecule has 1 aliphatic heterocycles. The lowest BCUT2D eigenvalue weighted by molar-refractivity contribution is 0.0949. The summed E-state index contributed by atoms with van der Waals surface area (Å²) in [6, 6.07) is 9.92. The first kappa shape index (κ1) is 16.7.